The minimum atomic E-state index is -1.12. The fourth-order valence-electron chi connectivity index (χ4n) is 4.31. The molecular weight excluding hydrogens is 444 g/mol. The van der Waals surface area contributed by atoms with Crippen molar-refractivity contribution in [3.63, 3.8) is 0 Å². The van der Waals surface area contributed by atoms with E-state index < -0.39 is 30.1 Å². The number of hydrogen-bond acceptors (Lipinski definition) is 4. The smallest absolute Gasteiger partial charge is 0.407 e. The van der Waals surface area contributed by atoms with E-state index in [1.165, 1.54) is 0 Å². The van der Waals surface area contributed by atoms with Gasteiger partial charge in [-0.05, 0) is 48.9 Å². The van der Waals surface area contributed by atoms with Crippen molar-refractivity contribution < 1.29 is 24.2 Å². The molecule has 7 heteroatoms. The summed E-state index contributed by atoms with van der Waals surface area (Å²) in [5.41, 5.74) is 5.43. The van der Waals surface area contributed by atoms with Crippen LogP contribution in [0.3, 0.4) is 0 Å². The summed E-state index contributed by atoms with van der Waals surface area (Å²) in [6.07, 6.45) is 3.17. The SMILES string of the molecule is CCCCC(NC(=O)OCC1c2ccccc2-c2ccccc21)C(=O)NC(CC=C(C)C)C(=O)O. The summed E-state index contributed by atoms with van der Waals surface area (Å²) in [6.45, 7) is 5.85. The summed E-state index contributed by atoms with van der Waals surface area (Å²) < 4.78 is 5.58. The Morgan fingerprint density at radius 2 is 1.57 bits per heavy atom. The Morgan fingerprint density at radius 1 is 0.971 bits per heavy atom. The molecule has 2 aromatic carbocycles. The lowest BCUT2D eigenvalue weighted by molar-refractivity contribution is -0.142. The van der Waals surface area contributed by atoms with Gasteiger partial charge in [-0.2, -0.15) is 0 Å². The lowest BCUT2D eigenvalue weighted by Gasteiger charge is -2.21. The van der Waals surface area contributed by atoms with Crippen molar-refractivity contribution in [1.82, 2.24) is 10.6 Å². The van der Waals surface area contributed by atoms with Crippen molar-refractivity contribution in [2.75, 3.05) is 6.61 Å². The molecule has 0 heterocycles. The van der Waals surface area contributed by atoms with E-state index >= 15 is 0 Å². The Hall–Kier alpha value is -3.61. The Bertz CT molecular complexity index is 1040. The molecule has 0 spiro atoms. The standard InChI is InChI=1S/C28H34N2O5/c1-4-5-14-24(26(31)29-25(27(32)33)16-15-18(2)3)30-28(34)35-17-23-21-12-8-6-10-19(21)20-11-7-9-13-22(20)23/h6-13,15,23-25H,4-5,14,16-17H2,1-3H3,(H,29,31)(H,30,34)(H,32,33). The Balaban J connectivity index is 1.65. The predicted octanol–water partition coefficient (Wildman–Crippen LogP) is 5.01. The lowest BCUT2D eigenvalue weighted by atomic mass is 9.98. The molecule has 3 rings (SSSR count). The largest absolute Gasteiger partial charge is 0.480 e. The zero-order chi connectivity index (χ0) is 25.4. The molecule has 35 heavy (non-hydrogen) atoms. The van der Waals surface area contributed by atoms with Crippen LogP contribution in [0.2, 0.25) is 0 Å². The Labute approximate surface area is 206 Å². The van der Waals surface area contributed by atoms with Gasteiger partial charge in [0, 0.05) is 5.92 Å². The summed E-state index contributed by atoms with van der Waals surface area (Å²) in [4.78, 5) is 37.2. The molecule has 3 N–H and O–H groups in total. The van der Waals surface area contributed by atoms with Crippen molar-refractivity contribution >= 4 is 18.0 Å². The molecule has 1 aliphatic carbocycles. The normalized spacial score (nSPS) is 13.7. The van der Waals surface area contributed by atoms with Crippen LogP contribution in [0.1, 0.15) is 63.5 Å². The number of unbranched alkanes of at least 4 members (excludes halogenated alkanes) is 1. The maximum atomic E-state index is 12.9. The number of carboxylic acids is 1. The highest BCUT2D eigenvalue weighted by molar-refractivity contribution is 5.89. The minimum Gasteiger partial charge on any atom is -0.480 e. The van der Waals surface area contributed by atoms with Crippen molar-refractivity contribution in [2.24, 2.45) is 0 Å². The van der Waals surface area contributed by atoms with Crippen LogP contribution >= 0.6 is 0 Å². The second-order valence-electron chi connectivity index (χ2n) is 9.08. The molecule has 186 valence electrons. The van der Waals surface area contributed by atoms with Gasteiger partial charge in [0.1, 0.15) is 18.7 Å². The van der Waals surface area contributed by atoms with Crippen LogP contribution in [0.4, 0.5) is 4.79 Å². The van der Waals surface area contributed by atoms with Crippen LogP contribution in [-0.2, 0) is 14.3 Å². The molecule has 2 amide bonds. The number of carbonyl (C=O) groups excluding carboxylic acids is 2. The van der Waals surface area contributed by atoms with E-state index in [1.54, 1.807) is 6.08 Å². The average molecular weight is 479 g/mol. The molecule has 2 aromatic rings. The zero-order valence-corrected chi connectivity index (χ0v) is 20.5. The minimum absolute atomic E-state index is 0.0865. The van der Waals surface area contributed by atoms with Crippen molar-refractivity contribution in [1.29, 1.82) is 0 Å². The molecule has 0 saturated carbocycles. The number of carboxylic acid groups (broad SMARTS) is 1. The molecule has 2 atom stereocenters. The van der Waals surface area contributed by atoms with Crippen LogP contribution in [0, 0.1) is 0 Å². The fraction of sp³-hybridized carbons (Fsp3) is 0.393. The van der Waals surface area contributed by atoms with Crippen LogP contribution in [-0.4, -0.2) is 41.8 Å². The molecule has 0 fully saturated rings. The van der Waals surface area contributed by atoms with Crippen molar-refractivity contribution in [3.8, 4) is 11.1 Å². The van der Waals surface area contributed by atoms with E-state index in [0.717, 1.165) is 34.2 Å². The molecule has 1 aliphatic rings. The number of benzene rings is 2. The van der Waals surface area contributed by atoms with E-state index in [2.05, 4.69) is 22.8 Å². The molecule has 0 radical (unpaired) electrons. The Kier molecular flexibility index (Phi) is 9.06. The monoisotopic (exact) mass is 478 g/mol. The summed E-state index contributed by atoms with van der Waals surface area (Å²) in [7, 11) is 0. The predicted molar refractivity (Wildman–Crippen MR) is 135 cm³/mol. The first-order chi connectivity index (χ1) is 16.8. The van der Waals surface area contributed by atoms with Gasteiger partial charge in [-0.3, -0.25) is 4.79 Å². The highest BCUT2D eigenvalue weighted by Gasteiger charge is 2.30. The van der Waals surface area contributed by atoms with Gasteiger partial charge in [0.15, 0.2) is 0 Å². The van der Waals surface area contributed by atoms with Crippen LogP contribution in [0.25, 0.3) is 11.1 Å². The fourth-order valence-corrected chi connectivity index (χ4v) is 4.31. The van der Waals surface area contributed by atoms with Crippen molar-refractivity contribution in [2.45, 2.75) is 64.5 Å². The third-order valence-electron chi connectivity index (χ3n) is 6.17. The number of ether oxygens (including phenoxy) is 1. The van der Waals surface area contributed by atoms with E-state index in [1.807, 2.05) is 57.2 Å². The number of allylic oxidation sites excluding steroid dienone is 1. The quantitative estimate of drug-likeness (QED) is 0.394. The maximum Gasteiger partial charge on any atom is 0.407 e. The van der Waals surface area contributed by atoms with E-state index in [0.29, 0.717) is 12.8 Å². The summed E-state index contributed by atoms with van der Waals surface area (Å²) in [5.74, 6) is -1.73. The molecule has 0 bridgehead atoms. The van der Waals surface area contributed by atoms with Gasteiger partial charge in [0.25, 0.3) is 0 Å². The highest BCUT2D eigenvalue weighted by atomic mass is 16.5. The maximum absolute atomic E-state index is 12.9. The third-order valence-corrected chi connectivity index (χ3v) is 6.17. The number of alkyl carbamates (subject to hydrolysis) is 1. The van der Waals surface area contributed by atoms with E-state index in [-0.39, 0.29) is 18.9 Å². The zero-order valence-electron chi connectivity index (χ0n) is 20.5. The molecule has 7 nitrogen and oxygen atoms in total. The van der Waals surface area contributed by atoms with Crippen LogP contribution < -0.4 is 10.6 Å². The first-order valence-corrected chi connectivity index (χ1v) is 12.1. The molecule has 2 unspecified atom stereocenters. The summed E-state index contributed by atoms with van der Waals surface area (Å²) >= 11 is 0. The second-order valence-corrected chi connectivity index (χ2v) is 9.08. The summed E-state index contributed by atoms with van der Waals surface area (Å²) in [6, 6.07) is 14.2. The van der Waals surface area contributed by atoms with Gasteiger partial charge in [-0.1, -0.05) is 79.9 Å². The van der Waals surface area contributed by atoms with E-state index in [9.17, 15) is 19.5 Å². The van der Waals surface area contributed by atoms with Gasteiger partial charge >= 0.3 is 12.1 Å². The number of amides is 2. The van der Waals surface area contributed by atoms with E-state index in [4.69, 9.17) is 4.74 Å². The number of carbonyl (C=O) groups is 3. The summed E-state index contributed by atoms with van der Waals surface area (Å²) in [5, 5.41) is 14.7. The van der Waals surface area contributed by atoms with Crippen LogP contribution in [0.15, 0.2) is 60.2 Å². The average Bonchev–Trinajstić information content (AvgIpc) is 3.16. The molecule has 0 saturated heterocycles. The third kappa shape index (κ3) is 6.72. The van der Waals surface area contributed by atoms with Gasteiger partial charge in [-0.15, -0.1) is 0 Å². The second kappa shape index (κ2) is 12.2. The van der Waals surface area contributed by atoms with Gasteiger partial charge in [0.05, 0.1) is 0 Å². The molecule has 0 aliphatic heterocycles. The Morgan fingerprint density at radius 3 is 2.11 bits per heavy atom. The highest BCUT2D eigenvalue weighted by Crippen LogP contribution is 2.44. The van der Waals surface area contributed by atoms with Crippen molar-refractivity contribution in [3.05, 3.63) is 71.3 Å². The first kappa shape index (κ1) is 26.0. The number of rotatable bonds is 11. The molecular formula is C28H34N2O5. The van der Waals surface area contributed by atoms with Crippen LogP contribution in [0.5, 0.6) is 0 Å². The number of nitrogens with one attached hydrogen (secondary N) is 2. The number of fused-ring (bicyclic) bond motifs is 3. The lowest BCUT2D eigenvalue weighted by Crippen LogP contribution is -2.51. The first-order valence-electron chi connectivity index (χ1n) is 12.1. The van der Waals surface area contributed by atoms with Gasteiger partial charge in [0.2, 0.25) is 5.91 Å². The topological polar surface area (TPSA) is 105 Å². The molecule has 0 aromatic heterocycles. The van der Waals surface area contributed by atoms with Gasteiger partial charge in [-0.25, -0.2) is 9.59 Å². The number of aliphatic carboxylic acids is 1. The number of hydrogen-bond donors (Lipinski definition) is 3. The van der Waals surface area contributed by atoms with Gasteiger partial charge < -0.3 is 20.5 Å².